The van der Waals surface area contributed by atoms with Crippen molar-refractivity contribution in [3.8, 4) is 11.3 Å². The number of nitrogens with one attached hydrogen (secondary N) is 1. The third kappa shape index (κ3) is 4.33. The van der Waals surface area contributed by atoms with E-state index in [0.717, 1.165) is 58.8 Å². The number of aromatic nitrogens is 1. The maximum absolute atomic E-state index is 13.5. The zero-order valence-electron chi connectivity index (χ0n) is 20.1. The Bertz CT molecular complexity index is 1390. The molecule has 1 saturated carbocycles. The fraction of sp³-hybridized carbons (Fsp3) is 0.233. The molecule has 1 aromatic heterocycles. The summed E-state index contributed by atoms with van der Waals surface area (Å²) in [5.74, 6) is -0.0353. The van der Waals surface area contributed by atoms with Gasteiger partial charge in [-0.05, 0) is 55.0 Å². The molecule has 2 amide bonds. The first-order valence-electron chi connectivity index (χ1n) is 12.4. The maximum atomic E-state index is 13.5. The van der Waals surface area contributed by atoms with Crippen LogP contribution in [0.25, 0.3) is 11.3 Å². The number of rotatable bonds is 6. The molecule has 180 valence electrons. The van der Waals surface area contributed by atoms with Gasteiger partial charge in [0.2, 0.25) is 11.8 Å². The highest BCUT2D eigenvalue weighted by atomic mass is 32.1. The average molecular weight is 494 g/mol. The van der Waals surface area contributed by atoms with Crippen molar-refractivity contribution in [2.45, 2.75) is 32.1 Å². The van der Waals surface area contributed by atoms with E-state index in [2.05, 4.69) is 17.4 Å². The second kappa shape index (κ2) is 9.36. The van der Waals surface area contributed by atoms with E-state index < -0.39 is 5.92 Å². The number of carbonyl (C=O) groups is 2. The highest BCUT2D eigenvalue weighted by molar-refractivity contribution is 7.16. The predicted molar refractivity (Wildman–Crippen MR) is 144 cm³/mol. The van der Waals surface area contributed by atoms with Crippen molar-refractivity contribution < 1.29 is 9.59 Å². The number of anilines is 2. The van der Waals surface area contributed by atoms with E-state index in [9.17, 15) is 9.59 Å². The Morgan fingerprint density at radius 2 is 1.64 bits per heavy atom. The van der Waals surface area contributed by atoms with Crippen LogP contribution in [0.5, 0.6) is 0 Å². The van der Waals surface area contributed by atoms with Gasteiger partial charge < -0.3 is 10.2 Å². The predicted octanol–water partition coefficient (Wildman–Crippen LogP) is 6.19. The zero-order chi connectivity index (χ0) is 24.6. The molecular formula is C30H27N3O2S. The molecule has 0 atom stereocenters. The van der Waals surface area contributed by atoms with Crippen LogP contribution in [0, 0.1) is 12.8 Å². The SMILES string of the molecule is Cc1sc(NC(=O)C(c2ccccc2)c2ccccc2)nc1-c1ccc2c(c1)CCN2C(=O)C1CC1. The van der Waals surface area contributed by atoms with Crippen LogP contribution in [0.1, 0.15) is 40.3 Å². The second-order valence-corrected chi connectivity index (χ2v) is 10.7. The van der Waals surface area contributed by atoms with Gasteiger partial charge in [0.05, 0.1) is 11.6 Å². The molecule has 5 nitrogen and oxygen atoms in total. The third-order valence-electron chi connectivity index (χ3n) is 7.00. The van der Waals surface area contributed by atoms with Crippen molar-refractivity contribution in [2.75, 3.05) is 16.8 Å². The van der Waals surface area contributed by atoms with Crippen molar-refractivity contribution >= 4 is 34.0 Å². The van der Waals surface area contributed by atoms with E-state index in [1.54, 1.807) is 0 Å². The van der Waals surface area contributed by atoms with Gasteiger partial charge >= 0.3 is 0 Å². The fourth-order valence-electron chi connectivity index (χ4n) is 5.01. The van der Waals surface area contributed by atoms with Gasteiger partial charge in [-0.2, -0.15) is 0 Å². The summed E-state index contributed by atoms with van der Waals surface area (Å²) in [6.07, 6.45) is 2.90. The molecule has 3 aromatic carbocycles. The summed E-state index contributed by atoms with van der Waals surface area (Å²) in [7, 11) is 0. The van der Waals surface area contributed by atoms with Crippen molar-refractivity contribution in [3.63, 3.8) is 0 Å². The van der Waals surface area contributed by atoms with E-state index in [0.29, 0.717) is 5.13 Å². The summed E-state index contributed by atoms with van der Waals surface area (Å²) in [6, 6.07) is 25.9. The monoisotopic (exact) mass is 493 g/mol. The standard InChI is InChI=1S/C30H27N3O2S/c1-19-27(24-14-15-25-23(18-24)16-17-33(25)29(35)22-12-13-22)31-30(36-19)32-28(34)26(20-8-4-2-5-9-20)21-10-6-3-7-11-21/h2-11,14-15,18,22,26H,12-13,16-17H2,1H3,(H,31,32,34). The maximum Gasteiger partial charge on any atom is 0.238 e. The van der Waals surface area contributed by atoms with Crippen LogP contribution < -0.4 is 10.2 Å². The summed E-state index contributed by atoms with van der Waals surface area (Å²) in [6.45, 7) is 2.79. The van der Waals surface area contributed by atoms with Crippen LogP contribution in [-0.4, -0.2) is 23.3 Å². The van der Waals surface area contributed by atoms with Crippen LogP contribution in [-0.2, 0) is 16.0 Å². The molecule has 0 spiro atoms. The largest absolute Gasteiger partial charge is 0.312 e. The van der Waals surface area contributed by atoms with Gasteiger partial charge in [-0.3, -0.25) is 9.59 Å². The van der Waals surface area contributed by atoms with Crippen molar-refractivity contribution in [1.82, 2.24) is 4.98 Å². The Balaban J connectivity index is 1.25. The Morgan fingerprint density at radius 1 is 0.972 bits per heavy atom. The van der Waals surface area contributed by atoms with E-state index in [1.165, 1.54) is 16.9 Å². The fourth-order valence-corrected chi connectivity index (χ4v) is 5.85. The Labute approximate surface area is 214 Å². The minimum Gasteiger partial charge on any atom is -0.312 e. The first-order chi connectivity index (χ1) is 17.6. The average Bonchev–Trinajstić information content (AvgIpc) is 3.57. The molecule has 2 aliphatic rings. The molecule has 4 aromatic rings. The number of hydrogen-bond acceptors (Lipinski definition) is 4. The van der Waals surface area contributed by atoms with Gasteiger partial charge in [-0.15, -0.1) is 11.3 Å². The van der Waals surface area contributed by atoms with E-state index in [4.69, 9.17) is 4.98 Å². The Morgan fingerprint density at radius 3 is 2.28 bits per heavy atom. The summed E-state index contributed by atoms with van der Waals surface area (Å²) in [5.41, 5.74) is 6.00. The molecule has 36 heavy (non-hydrogen) atoms. The minimum absolute atomic E-state index is 0.101. The summed E-state index contributed by atoms with van der Waals surface area (Å²) in [4.78, 5) is 33.9. The van der Waals surface area contributed by atoms with Crippen LogP contribution in [0.3, 0.4) is 0 Å². The Hall–Kier alpha value is -3.77. The molecule has 0 bridgehead atoms. The lowest BCUT2D eigenvalue weighted by molar-refractivity contribution is -0.119. The number of hydrogen-bond donors (Lipinski definition) is 1. The molecule has 0 radical (unpaired) electrons. The van der Waals surface area contributed by atoms with Crippen molar-refractivity contribution in [1.29, 1.82) is 0 Å². The topological polar surface area (TPSA) is 62.3 Å². The van der Waals surface area contributed by atoms with E-state index in [-0.39, 0.29) is 17.7 Å². The lowest BCUT2D eigenvalue weighted by Gasteiger charge is -2.17. The van der Waals surface area contributed by atoms with Gasteiger partial charge in [0.1, 0.15) is 0 Å². The van der Waals surface area contributed by atoms with Crippen molar-refractivity contribution in [3.05, 3.63) is 100 Å². The van der Waals surface area contributed by atoms with Crippen LogP contribution in [0.2, 0.25) is 0 Å². The summed E-state index contributed by atoms with van der Waals surface area (Å²) in [5, 5.41) is 3.67. The number of benzene rings is 3. The summed E-state index contributed by atoms with van der Waals surface area (Å²) < 4.78 is 0. The molecule has 6 heteroatoms. The molecule has 0 saturated heterocycles. The zero-order valence-corrected chi connectivity index (χ0v) is 20.9. The Kier molecular flexibility index (Phi) is 5.89. The second-order valence-electron chi connectivity index (χ2n) is 9.53. The minimum atomic E-state index is -0.421. The number of fused-ring (bicyclic) bond motifs is 1. The molecule has 6 rings (SSSR count). The molecular weight excluding hydrogens is 466 g/mol. The van der Waals surface area contributed by atoms with Crippen LogP contribution in [0.15, 0.2) is 78.9 Å². The molecule has 2 heterocycles. The van der Waals surface area contributed by atoms with E-state index >= 15 is 0 Å². The normalized spacial score (nSPS) is 14.7. The third-order valence-corrected chi connectivity index (χ3v) is 7.88. The van der Waals surface area contributed by atoms with Crippen molar-refractivity contribution in [2.24, 2.45) is 5.92 Å². The highest BCUT2D eigenvalue weighted by Gasteiger charge is 2.36. The van der Waals surface area contributed by atoms with Gasteiger partial charge in [0, 0.05) is 28.6 Å². The highest BCUT2D eigenvalue weighted by Crippen LogP contribution is 2.39. The number of aryl methyl sites for hydroxylation is 1. The lowest BCUT2D eigenvalue weighted by Crippen LogP contribution is -2.30. The number of nitrogens with zero attached hydrogens (tertiary/aromatic N) is 2. The quantitative estimate of drug-likeness (QED) is 0.348. The number of carbonyl (C=O) groups excluding carboxylic acids is 2. The van der Waals surface area contributed by atoms with Gasteiger partial charge in [-0.25, -0.2) is 4.98 Å². The molecule has 1 fully saturated rings. The smallest absolute Gasteiger partial charge is 0.238 e. The molecule has 1 aliphatic carbocycles. The van der Waals surface area contributed by atoms with E-state index in [1.807, 2.05) is 78.6 Å². The van der Waals surface area contributed by atoms with Crippen LogP contribution >= 0.6 is 11.3 Å². The first kappa shape index (κ1) is 22.7. The number of thiazole rings is 1. The van der Waals surface area contributed by atoms with Gasteiger partial charge in [0.25, 0.3) is 0 Å². The number of amides is 2. The molecule has 1 aliphatic heterocycles. The summed E-state index contributed by atoms with van der Waals surface area (Å²) >= 11 is 1.49. The first-order valence-corrected chi connectivity index (χ1v) is 13.2. The van der Waals surface area contributed by atoms with Crippen LogP contribution in [0.4, 0.5) is 10.8 Å². The van der Waals surface area contributed by atoms with Gasteiger partial charge in [0.15, 0.2) is 5.13 Å². The molecule has 1 N–H and O–H groups in total. The lowest BCUT2D eigenvalue weighted by atomic mass is 9.90. The van der Waals surface area contributed by atoms with Gasteiger partial charge in [-0.1, -0.05) is 66.7 Å². The molecule has 0 unspecified atom stereocenters.